The molecule has 0 aliphatic heterocycles. The molecule has 0 saturated heterocycles. The number of aliphatic carboxylic acids is 1. The van der Waals surface area contributed by atoms with E-state index in [1.807, 2.05) is 25.1 Å². The Balaban J connectivity index is 1.89. The van der Waals surface area contributed by atoms with Gasteiger partial charge in [0.05, 0.1) is 6.42 Å². The van der Waals surface area contributed by atoms with E-state index < -0.39 is 5.97 Å². The molecule has 0 spiro atoms. The zero-order valence-corrected chi connectivity index (χ0v) is 10.7. The van der Waals surface area contributed by atoms with Crippen molar-refractivity contribution in [3.8, 4) is 0 Å². The Bertz CT molecular complexity index is 580. The van der Waals surface area contributed by atoms with Crippen LogP contribution in [0.25, 0.3) is 11.1 Å². The smallest absolute Gasteiger partial charge is 0.304 e. The average molecular weight is 263 g/mol. The van der Waals surface area contributed by atoms with E-state index in [-0.39, 0.29) is 12.5 Å². The fraction of sp³-hybridized carbons (Fsp3) is 0.385. The Kier molecular flexibility index (Phi) is 4.13. The molecule has 102 valence electrons. The van der Waals surface area contributed by atoms with Gasteiger partial charge in [0.2, 0.25) is 0 Å². The standard InChI is InChI=1S/C13H17N3O3/c1-8-16-11-4-9(2-3-12(11)19-8)6-15-7-10(14)5-13(17)18/h2-4,10,15H,5-7,14H2,1H3,(H,17,18). The van der Waals surface area contributed by atoms with Gasteiger partial charge in [-0.2, -0.15) is 0 Å². The first-order valence-electron chi connectivity index (χ1n) is 6.09. The molecule has 1 aromatic carbocycles. The first-order valence-corrected chi connectivity index (χ1v) is 6.09. The van der Waals surface area contributed by atoms with Gasteiger partial charge in [-0.25, -0.2) is 4.98 Å². The summed E-state index contributed by atoms with van der Waals surface area (Å²) in [5.74, 6) is -0.239. The predicted octanol–water partition coefficient (Wildman–Crippen LogP) is 1.03. The molecule has 0 fully saturated rings. The number of oxazole rings is 1. The average Bonchev–Trinajstić information content (AvgIpc) is 2.67. The first-order chi connectivity index (χ1) is 9.04. The van der Waals surface area contributed by atoms with Crippen LogP contribution in [0.3, 0.4) is 0 Å². The summed E-state index contributed by atoms with van der Waals surface area (Å²) in [6.07, 6.45) is -0.0332. The Labute approximate surface area is 110 Å². The van der Waals surface area contributed by atoms with Gasteiger partial charge in [0.15, 0.2) is 11.5 Å². The molecule has 4 N–H and O–H groups in total. The molecular weight excluding hydrogens is 246 g/mol. The molecular formula is C13H17N3O3. The van der Waals surface area contributed by atoms with Gasteiger partial charge in [0.25, 0.3) is 0 Å². The summed E-state index contributed by atoms with van der Waals surface area (Å²) in [5, 5.41) is 11.7. The topological polar surface area (TPSA) is 101 Å². The molecule has 0 bridgehead atoms. The molecule has 2 rings (SSSR count). The molecule has 6 heteroatoms. The monoisotopic (exact) mass is 263 g/mol. The third-order valence-corrected chi connectivity index (χ3v) is 2.73. The molecule has 6 nitrogen and oxygen atoms in total. The summed E-state index contributed by atoms with van der Waals surface area (Å²) >= 11 is 0. The van der Waals surface area contributed by atoms with Crippen LogP contribution in [0.5, 0.6) is 0 Å². The highest BCUT2D eigenvalue weighted by molar-refractivity contribution is 5.73. The minimum atomic E-state index is -0.881. The minimum absolute atomic E-state index is 0.0332. The van der Waals surface area contributed by atoms with Gasteiger partial charge in [-0.3, -0.25) is 4.79 Å². The molecule has 0 saturated carbocycles. The molecule has 0 aliphatic rings. The van der Waals surface area contributed by atoms with Crippen LogP contribution < -0.4 is 11.1 Å². The van der Waals surface area contributed by atoms with E-state index in [1.165, 1.54) is 0 Å². The van der Waals surface area contributed by atoms with Gasteiger partial charge in [0.1, 0.15) is 5.52 Å². The number of nitrogens with one attached hydrogen (secondary N) is 1. The first kappa shape index (κ1) is 13.5. The van der Waals surface area contributed by atoms with Gasteiger partial charge < -0.3 is 20.6 Å². The zero-order valence-electron chi connectivity index (χ0n) is 10.7. The van der Waals surface area contributed by atoms with Crippen LogP contribution in [-0.2, 0) is 11.3 Å². The van der Waals surface area contributed by atoms with Crippen molar-refractivity contribution in [3.05, 3.63) is 29.7 Å². The number of carboxylic acid groups (broad SMARTS) is 1. The Morgan fingerprint density at radius 3 is 3.11 bits per heavy atom. The lowest BCUT2D eigenvalue weighted by atomic mass is 10.2. The number of benzene rings is 1. The van der Waals surface area contributed by atoms with Crippen LogP contribution >= 0.6 is 0 Å². The lowest BCUT2D eigenvalue weighted by Gasteiger charge is -2.10. The summed E-state index contributed by atoms with van der Waals surface area (Å²) in [6.45, 7) is 2.89. The summed E-state index contributed by atoms with van der Waals surface area (Å²) in [4.78, 5) is 14.7. The van der Waals surface area contributed by atoms with Crippen molar-refractivity contribution in [3.63, 3.8) is 0 Å². The highest BCUT2D eigenvalue weighted by Crippen LogP contribution is 2.16. The number of hydrogen-bond donors (Lipinski definition) is 3. The van der Waals surface area contributed by atoms with E-state index in [0.29, 0.717) is 19.0 Å². The quantitative estimate of drug-likeness (QED) is 0.719. The summed E-state index contributed by atoms with van der Waals surface area (Å²) < 4.78 is 5.39. The fourth-order valence-corrected chi connectivity index (χ4v) is 1.90. The van der Waals surface area contributed by atoms with E-state index in [9.17, 15) is 4.79 Å². The van der Waals surface area contributed by atoms with E-state index in [1.54, 1.807) is 0 Å². The minimum Gasteiger partial charge on any atom is -0.481 e. The second kappa shape index (κ2) is 5.81. The van der Waals surface area contributed by atoms with Gasteiger partial charge in [-0.05, 0) is 17.7 Å². The maximum Gasteiger partial charge on any atom is 0.304 e. The van der Waals surface area contributed by atoms with Crippen molar-refractivity contribution in [1.29, 1.82) is 0 Å². The number of hydrogen-bond acceptors (Lipinski definition) is 5. The largest absolute Gasteiger partial charge is 0.481 e. The number of carboxylic acids is 1. The number of aromatic nitrogens is 1. The van der Waals surface area contributed by atoms with Crippen molar-refractivity contribution in [2.45, 2.75) is 25.9 Å². The lowest BCUT2D eigenvalue weighted by molar-refractivity contribution is -0.137. The number of rotatable bonds is 6. The number of nitrogens with zero attached hydrogens (tertiary/aromatic N) is 1. The van der Waals surface area contributed by atoms with Crippen molar-refractivity contribution in [2.75, 3.05) is 6.54 Å². The second-order valence-electron chi connectivity index (χ2n) is 4.52. The van der Waals surface area contributed by atoms with Crippen LogP contribution in [0, 0.1) is 6.92 Å². The fourth-order valence-electron chi connectivity index (χ4n) is 1.90. The number of nitrogens with two attached hydrogens (primary N) is 1. The maximum atomic E-state index is 10.5. The summed E-state index contributed by atoms with van der Waals surface area (Å²) in [5.41, 5.74) is 8.31. The normalized spacial score (nSPS) is 12.7. The SMILES string of the molecule is Cc1nc2cc(CNCC(N)CC(=O)O)ccc2o1. The van der Waals surface area contributed by atoms with Crippen LogP contribution in [0.15, 0.2) is 22.6 Å². The summed E-state index contributed by atoms with van der Waals surface area (Å²) in [6, 6.07) is 5.39. The molecule has 0 aliphatic carbocycles. The Morgan fingerprint density at radius 2 is 2.37 bits per heavy atom. The second-order valence-corrected chi connectivity index (χ2v) is 4.52. The predicted molar refractivity (Wildman–Crippen MR) is 70.7 cm³/mol. The lowest BCUT2D eigenvalue weighted by Crippen LogP contribution is -2.35. The molecule has 0 amide bonds. The van der Waals surface area contributed by atoms with E-state index in [2.05, 4.69) is 10.3 Å². The van der Waals surface area contributed by atoms with Crippen LogP contribution in [0.2, 0.25) is 0 Å². The van der Waals surface area contributed by atoms with Crippen LogP contribution in [0.1, 0.15) is 17.9 Å². The summed E-state index contributed by atoms with van der Waals surface area (Å²) in [7, 11) is 0. The van der Waals surface area contributed by atoms with Crippen LogP contribution in [0.4, 0.5) is 0 Å². The molecule has 0 radical (unpaired) electrons. The van der Waals surface area contributed by atoms with E-state index in [0.717, 1.165) is 16.7 Å². The van der Waals surface area contributed by atoms with E-state index in [4.69, 9.17) is 15.3 Å². The van der Waals surface area contributed by atoms with Crippen molar-refractivity contribution >= 4 is 17.1 Å². The van der Waals surface area contributed by atoms with Crippen molar-refractivity contribution < 1.29 is 14.3 Å². The number of aryl methyl sites for hydroxylation is 1. The van der Waals surface area contributed by atoms with Crippen LogP contribution in [-0.4, -0.2) is 28.6 Å². The van der Waals surface area contributed by atoms with Crippen molar-refractivity contribution in [2.24, 2.45) is 5.73 Å². The maximum absolute atomic E-state index is 10.5. The molecule has 1 atom stereocenters. The third-order valence-electron chi connectivity index (χ3n) is 2.73. The van der Waals surface area contributed by atoms with Gasteiger partial charge in [-0.1, -0.05) is 6.07 Å². The number of fused-ring (bicyclic) bond motifs is 1. The van der Waals surface area contributed by atoms with Gasteiger partial charge >= 0.3 is 5.97 Å². The van der Waals surface area contributed by atoms with Crippen molar-refractivity contribution in [1.82, 2.24) is 10.3 Å². The Morgan fingerprint density at radius 1 is 1.58 bits per heavy atom. The number of carbonyl (C=O) groups is 1. The third kappa shape index (κ3) is 3.77. The molecule has 1 aromatic heterocycles. The molecule has 1 heterocycles. The van der Waals surface area contributed by atoms with Gasteiger partial charge in [-0.15, -0.1) is 0 Å². The Hall–Kier alpha value is -1.92. The molecule has 19 heavy (non-hydrogen) atoms. The highest BCUT2D eigenvalue weighted by Gasteiger charge is 2.07. The van der Waals surface area contributed by atoms with Gasteiger partial charge in [0, 0.05) is 26.1 Å². The highest BCUT2D eigenvalue weighted by atomic mass is 16.4. The molecule has 2 aromatic rings. The molecule has 1 unspecified atom stereocenters. The van der Waals surface area contributed by atoms with E-state index >= 15 is 0 Å². The zero-order chi connectivity index (χ0) is 13.8.